The zero-order valence-electron chi connectivity index (χ0n) is 7.59. The first-order chi connectivity index (χ1) is 6.24. The summed E-state index contributed by atoms with van der Waals surface area (Å²) in [6.45, 7) is 1.94. The van der Waals surface area contributed by atoms with E-state index in [1.165, 1.54) is 0 Å². The summed E-state index contributed by atoms with van der Waals surface area (Å²) < 4.78 is 5.11. The van der Waals surface area contributed by atoms with Gasteiger partial charge in [0, 0.05) is 11.1 Å². The van der Waals surface area contributed by atoms with E-state index in [4.69, 9.17) is 10.5 Å². The van der Waals surface area contributed by atoms with Crippen molar-refractivity contribution in [3.05, 3.63) is 17.8 Å². The minimum Gasteiger partial charge on any atom is -0.495 e. The van der Waals surface area contributed by atoms with Gasteiger partial charge in [-0.25, -0.2) is 0 Å². The lowest BCUT2D eigenvalue weighted by Gasteiger charge is -2.04. The molecule has 13 heavy (non-hydrogen) atoms. The highest BCUT2D eigenvalue weighted by Crippen LogP contribution is 2.30. The summed E-state index contributed by atoms with van der Waals surface area (Å²) in [6.07, 6.45) is 0. The Morgan fingerprint density at radius 2 is 2.23 bits per heavy atom. The third-order valence-corrected chi connectivity index (χ3v) is 2.12. The highest BCUT2D eigenvalue weighted by atomic mass is 16.5. The summed E-state index contributed by atoms with van der Waals surface area (Å²) in [5.74, 6) is 0.692. The molecular formula is C9H11N3O. The summed E-state index contributed by atoms with van der Waals surface area (Å²) in [7, 11) is 1.60. The van der Waals surface area contributed by atoms with Crippen molar-refractivity contribution < 1.29 is 4.74 Å². The first kappa shape index (κ1) is 7.91. The number of aromatic nitrogens is 2. The molecule has 1 heterocycles. The second-order valence-electron chi connectivity index (χ2n) is 2.92. The van der Waals surface area contributed by atoms with Gasteiger partial charge in [-0.2, -0.15) is 5.10 Å². The van der Waals surface area contributed by atoms with E-state index < -0.39 is 0 Å². The van der Waals surface area contributed by atoms with Crippen molar-refractivity contribution in [3.8, 4) is 5.75 Å². The van der Waals surface area contributed by atoms with Crippen LogP contribution in [-0.2, 0) is 0 Å². The minimum atomic E-state index is 0.645. The molecule has 0 amide bonds. The van der Waals surface area contributed by atoms with Crippen molar-refractivity contribution in [2.24, 2.45) is 0 Å². The molecule has 0 fully saturated rings. The molecule has 3 N–H and O–H groups in total. The minimum absolute atomic E-state index is 0.645. The Bertz CT molecular complexity index is 447. The van der Waals surface area contributed by atoms with Gasteiger partial charge in [-0.3, -0.25) is 5.10 Å². The fourth-order valence-electron chi connectivity index (χ4n) is 1.45. The largest absolute Gasteiger partial charge is 0.495 e. The second kappa shape index (κ2) is 2.65. The lowest BCUT2D eigenvalue weighted by molar-refractivity contribution is 0.417. The van der Waals surface area contributed by atoms with Crippen LogP contribution in [0.3, 0.4) is 0 Å². The van der Waals surface area contributed by atoms with Crippen LogP contribution in [0.15, 0.2) is 12.1 Å². The monoisotopic (exact) mass is 177 g/mol. The number of methoxy groups -OCH3 is 1. The van der Waals surface area contributed by atoms with Gasteiger partial charge in [0.05, 0.1) is 18.3 Å². The molecule has 2 rings (SSSR count). The molecule has 68 valence electrons. The Kier molecular flexibility index (Phi) is 1.62. The first-order valence-electron chi connectivity index (χ1n) is 4.01. The Labute approximate surface area is 75.7 Å². The van der Waals surface area contributed by atoms with E-state index in [1.807, 2.05) is 19.1 Å². The smallest absolute Gasteiger partial charge is 0.142 e. The molecule has 0 saturated carbocycles. The van der Waals surface area contributed by atoms with Crippen molar-refractivity contribution in [1.82, 2.24) is 10.2 Å². The number of H-pyrrole nitrogens is 1. The summed E-state index contributed by atoms with van der Waals surface area (Å²) in [4.78, 5) is 0. The van der Waals surface area contributed by atoms with Gasteiger partial charge in [0.1, 0.15) is 5.75 Å². The van der Waals surface area contributed by atoms with Gasteiger partial charge in [-0.15, -0.1) is 0 Å². The number of anilines is 1. The van der Waals surface area contributed by atoms with Crippen molar-refractivity contribution >= 4 is 16.6 Å². The number of aromatic amines is 1. The topological polar surface area (TPSA) is 63.9 Å². The van der Waals surface area contributed by atoms with E-state index >= 15 is 0 Å². The van der Waals surface area contributed by atoms with E-state index in [0.29, 0.717) is 11.4 Å². The van der Waals surface area contributed by atoms with E-state index in [-0.39, 0.29) is 0 Å². The Morgan fingerprint density at radius 3 is 2.92 bits per heavy atom. The fraction of sp³-hybridized carbons (Fsp3) is 0.222. The van der Waals surface area contributed by atoms with Crippen LogP contribution in [0.2, 0.25) is 0 Å². The number of nitrogens with zero attached hydrogens (tertiary/aromatic N) is 1. The Morgan fingerprint density at radius 1 is 1.46 bits per heavy atom. The third kappa shape index (κ3) is 1.02. The molecule has 4 heteroatoms. The van der Waals surface area contributed by atoms with Gasteiger partial charge in [-0.05, 0) is 19.1 Å². The maximum atomic E-state index is 5.89. The fourth-order valence-corrected chi connectivity index (χ4v) is 1.45. The maximum Gasteiger partial charge on any atom is 0.142 e. The van der Waals surface area contributed by atoms with Gasteiger partial charge >= 0.3 is 0 Å². The van der Waals surface area contributed by atoms with Gasteiger partial charge in [0.2, 0.25) is 0 Å². The van der Waals surface area contributed by atoms with Gasteiger partial charge in [0.15, 0.2) is 0 Å². The highest BCUT2D eigenvalue weighted by Gasteiger charge is 2.08. The average Bonchev–Trinajstić information content (AvgIpc) is 2.49. The van der Waals surface area contributed by atoms with Crippen LogP contribution in [0.25, 0.3) is 10.9 Å². The van der Waals surface area contributed by atoms with Crippen molar-refractivity contribution in [2.75, 3.05) is 12.8 Å². The van der Waals surface area contributed by atoms with Gasteiger partial charge in [-0.1, -0.05) is 0 Å². The van der Waals surface area contributed by atoms with Crippen molar-refractivity contribution in [3.63, 3.8) is 0 Å². The lowest BCUT2D eigenvalue weighted by Crippen LogP contribution is -1.92. The van der Waals surface area contributed by atoms with Gasteiger partial charge < -0.3 is 10.5 Å². The molecule has 0 aliphatic rings. The lowest BCUT2D eigenvalue weighted by atomic mass is 10.1. The van der Waals surface area contributed by atoms with Crippen molar-refractivity contribution in [2.45, 2.75) is 6.92 Å². The number of nitrogen functional groups attached to an aromatic ring is 1. The van der Waals surface area contributed by atoms with Crippen LogP contribution in [-0.4, -0.2) is 17.3 Å². The molecule has 2 aromatic rings. The van der Waals surface area contributed by atoms with Crippen LogP contribution >= 0.6 is 0 Å². The van der Waals surface area contributed by atoms with Crippen LogP contribution in [0.4, 0.5) is 5.69 Å². The SMILES string of the molecule is COc1ccc2n[nH]c(C)c2c1N. The van der Waals surface area contributed by atoms with Crippen LogP contribution in [0, 0.1) is 6.92 Å². The number of nitrogens with one attached hydrogen (secondary N) is 1. The highest BCUT2D eigenvalue weighted by molar-refractivity contribution is 5.95. The van der Waals surface area contributed by atoms with E-state index in [9.17, 15) is 0 Å². The summed E-state index contributed by atoms with van der Waals surface area (Å²) in [5.41, 5.74) is 8.37. The molecule has 0 bridgehead atoms. The maximum absolute atomic E-state index is 5.89. The number of ether oxygens (including phenoxy) is 1. The van der Waals surface area contributed by atoms with Crippen LogP contribution < -0.4 is 10.5 Å². The number of hydrogen-bond donors (Lipinski definition) is 2. The number of benzene rings is 1. The number of hydrogen-bond acceptors (Lipinski definition) is 3. The summed E-state index contributed by atoms with van der Waals surface area (Å²) in [6, 6.07) is 3.70. The summed E-state index contributed by atoms with van der Waals surface area (Å²) in [5, 5.41) is 7.92. The normalized spacial score (nSPS) is 10.6. The molecule has 0 atom stereocenters. The molecule has 0 saturated heterocycles. The average molecular weight is 177 g/mol. The van der Waals surface area contributed by atoms with E-state index in [1.54, 1.807) is 7.11 Å². The van der Waals surface area contributed by atoms with Gasteiger partial charge in [0.25, 0.3) is 0 Å². The molecule has 0 radical (unpaired) electrons. The summed E-state index contributed by atoms with van der Waals surface area (Å²) >= 11 is 0. The van der Waals surface area contributed by atoms with E-state index in [2.05, 4.69) is 10.2 Å². The zero-order valence-corrected chi connectivity index (χ0v) is 7.59. The number of fused-ring (bicyclic) bond motifs is 1. The predicted octanol–water partition coefficient (Wildman–Crippen LogP) is 1.46. The van der Waals surface area contributed by atoms with Crippen LogP contribution in [0.1, 0.15) is 5.69 Å². The molecule has 4 nitrogen and oxygen atoms in total. The second-order valence-corrected chi connectivity index (χ2v) is 2.92. The Hall–Kier alpha value is -1.71. The molecule has 0 aliphatic carbocycles. The van der Waals surface area contributed by atoms with Crippen LogP contribution in [0.5, 0.6) is 5.75 Å². The first-order valence-corrected chi connectivity index (χ1v) is 4.01. The predicted molar refractivity (Wildman–Crippen MR) is 51.8 cm³/mol. The zero-order chi connectivity index (χ0) is 9.42. The molecular weight excluding hydrogens is 166 g/mol. The molecule has 0 spiro atoms. The standard InChI is InChI=1S/C9H11N3O/c1-5-8-6(12-11-5)3-4-7(13-2)9(8)10/h3-4H,10H2,1-2H3,(H,11,12). The van der Waals surface area contributed by atoms with E-state index in [0.717, 1.165) is 16.6 Å². The number of rotatable bonds is 1. The molecule has 0 aliphatic heterocycles. The molecule has 1 aromatic heterocycles. The Balaban J connectivity index is 2.83. The number of nitrogens with two attached hydrogens (primary N) is 1. The molecule has 1 aromatic carbocycles. The third-order valence-electron chi connectivity index (χ3n) is 2.12. The number of aryl methyl sites for hydroxylation is 1. The quantitative estimate of drug-likeness (QED) is 0.648. The molecule has 0 unspecified atom stereocenters. The van der Waals surface area contributed by atoms with Crippen molar-refractivity contribution in [1.29, 1.82) is 0 Å².